The molecule has 1 saturated heterocycles. The molecule has 2 atom stereocenters. The van der Waals surface area contributed by atoms with Crippen LogP contribution in [-0.2, 0) is 9.36 Å². The highest BCUT2D eigenvalue weighted by Gasteiger charge is 2.34. The average molecular weight is 594 g/mol. The van der Waals surface area contributed by atoms with Gasteiger partial charge in [-0.3, -0.25) is 4.79 Å². The van der Waals surface area contributed by atoms with Gasteiger partial charge < -0.3 is 14.4 Å². The van der Waals surface area contributed by atoms with Gasteiger partial charge in [0.05, 0.1) is 21.8 Å². The third-order valence-electron chi connectivity index (χ3n) is 7.35. The monoisotopic (exact) mass is 593 g/mol. The number of aromatic nitrogens is 3. The fraction of sp³-hybridized carbons (Fsp3) is 0.267. The minimum atomic E-state index is -2.84. The van der Waals surface area contributed by atoms with Crippen LogP contribution in [0.2, 0.25) is 5.02 Å². The van der Waals surface area contributed by atoms with Crippen LogP contribution in [0, 0.1) is 5.82 Å². The smallest absolute Gasteiger partial charge is 0.349 e. The molecule has 3 heterocycles. The molecule has 1 amide bonds. The zero-order valence-corrected chi connectivity index (χ0v) is 24.9. The summed E-state index contributed by atoms with van der Waals surface area (Å²) in [6, 6.07) is 14.3. The van der Waals surface area contributed by atoms with Crippen LogP contribution in [0.25, 0.3) is 28.0 Å². The summed E-state index contributed by atoms with van der Waals surface area (Å²) in [4.78, 5) is 39.3. The van der Waals surface area contributed by atoms with E-state index in [0.717, 1.165) is 0 Å². The van der Waals surface area contributed by atoms with Gasteiger partial charge in [-0.2, -0.15) is 4.98 Å². The zero-order chi connectivity index (χ0) is 29.6. The lowest BCUT2D eigenvalue weighted by molar-refractivity contribution is -0.128. The van der Waals surface area contributed by atoms with Crippen molar-refractivity contribution in [3.05, 3.63) is 88.6 Å². The molecule has 5 rings (SSSR count). The molecule has 1 aliphatic rings. The fourth-order valence-corrected chi connectivity index (χ4v) is 6.76. The number of para-hydroxylation sites is 1. The van der Waals surface area contributed by atoms with E-state index >= 15 is 0 Å². The first-order chi connectivity index (χ1) is 19.4. The Balaban J connectivity index is 1.82. The number of pyridine rings is 1. The van der Waals surface area contributed by atoms with Crippen molar-refractivity contribution in [1.29, 1.82) is 0 Å². The Morgan fingerprint density at radius 1 is 1.07 bits per heavy atom. The molecular formula is C30H30ClFN5O3P. The van der Waals surface area contributed by atoms with Crippen LogP contribution < -0.4 is 15.9 Å². The molecule has 2 aromatic heterocycles. The van der Waals surface area contributed by atoms with Gasteiger partial charge in [0.25, 0.3) is 0 Å². The van der Waals surface area contributed by atoms with Gasteiger partial charge in [0.15, 0.2) is 5.65 Å². The number of piperazine rings is 1. The molecular weight excluding hydrogens is 564 g/mol. The molecule has 0 N–H and O–H groups in total. The predicted octanol–water partition coefficient (Wildman–Crippen LogP) is 5.10. The Morgan fingerprint density at radius 3 is 2.44 bits per heavy atom. The van der Waals surface area contributed by atoms with Gasteiger partial charge >= 0.3 is 5.69 Å². The molecule has 1 aliphatic heterocycles. The van der Waals surface area contributed by atoms with Gasteiger partial charge in [-0.05, 0) is 63.6 Å². The topological polar surface area (TPSA) is 88.4 Å². The maximum atomic E-state index is 14.9. The molecule has 1 fully saturated rings. The zero-order valence-electron chi connectivity index (χ0n) is 23.2. The maximum absolute atomic E-state index is 14.9. The summed E-state index contributed by atoms with van der Waals surface area (Å²) in [6.07, 6.45) is 1.29. The van der Waals surface area contributed by atoms with Crippen LogP contribution >= 0.6 is 18.7 Å². The van der Waals surface area contributed by atoms with Crippen LogP contribution in [0.15, 0.2) is 72.0 Å². The van der Waals surface area contributed by atoms with Crippen molar-refractivity contribution >= 4 is 46.8 Å². The second-order valence-corrected chi connectivity index (χ2v) is 14.2. The molecule has 11 heteroatoms. The number of carbonyl (C=O) groups is 1. The molecule has 0 saturated carbocycles. The third-order valence-corrected chi connectivity index (χ3v) is 9.18. The second-order valence-electron chi connectivity index (χ2n) is 10.6. The summed E-state index contributed by atoms with van der Waals surface area (Å²) in [6.45, 7) is 11.5. The van der Waals surface area contributed by atoms with E-state index in [1.165, 1.54) is 16.7 Å². The number of carbonyl (C=O) groups excluding carboxylic acids is 1. The molecule has 212 valence electrons. The van der Waals surface area contributed by atoms with Crippen LogP contribution in [0.5, 0.6) is 0 Å². The molecule has 0 radical (unpaired) electrons. The standard InChI is InChI=1S/C30H30ClFN5O3P/c1-6-26(38)35-16-19(3)36(17-18(35)2)28-21-15-22(31)27(20-11-7-8-12-23(20)32)33-29(21)37(30(39)34-28)24-13-9-10-14-25(24)41(4,5)40/h6-15,18-19H,1,16-17H2,2-5H3. The Morgan fingerprint density at radius 2 is 1.76 bits per heavy atom. The van der Waals surface area contributed by atoms with Gasteiger partial charge in [-0.25, -0.2) is 18.7 Å². The van der Waals surface area contributed by atoms with Crippen molar-refractivity contribution in [3.63, 3.8) is 0 Å². The van der Waals surface area contributed by atoms with Crippen molar-refractivity contribution in [1.82, 2.24) is 19.4 Å². The highest BCUT2D eigenvalue weighted by molar-refractivity contribution is 7.70. The van der Waals surface area contributed by atoms with E-state index in [4.69, 9.17) is 16.6 Å². The molecule has 8 nitrogen and oxygen atoms in total. The Labute approximate surface area is 242 Å². The van der Waals surface area contributed by atoms with E-state index in [9.17, 15) is 18.5 Å². The quantitative estimate of drug-likeness (QED) is 0.236. The molecule has 41 heavy (non-hydrogen) atoms. The Hall–Kier alpha value is -3.81. The van der Waals surface area contributed by atoms with Gasteiger partial charge in [0.1, 0.15) is 18.8 Å². The normalized spacial score (nSPS) is 17.6. The van der Waals surface area contributed by atoms with Crippen molar-refractivity contribution in [2.75, 3.05) is 31.3 Å². The summed E-state index contributed by atoms with van der Waals surface area (Å²) in [5.74, 6) is -0.326. The summed E-state index contributed by atoms with van der Waals surface area (Å²) in [5, 5.41) is 1.14. The SMILES string of the molecule is C=CC(=O)N1CC(C)N(c2nc(=O)n(-c3ccccc3P(C)(C)=O)c3nc(-c4ccccc4F)c(Cl)cc23)CC1C. The number of fused-ring (bicyclic) bond motifs is 1. The second kappa shape index (κ2) is 10.9. The highest BCUT2D eigenvalue weighted by Crippen LogP contribution is 2.39. The largest absolute Gasteiger partial charge is 0.355 e. The highest BCUT2D eigenvalue weighted by atomic mass is 35.5. The molecule has 2 unspecified atom stereocenters. The molecule has 2 aromatic carbocycles. The average Bonchev–Trinajstić information content (AvgIpc) is 2.93. The van der Waals surface area contributed by atoms with Crippen LogP contribution in [0.4, 0.5) is 10.2 Å². The van der Waals surface area contributed by atoms with Crippen LogP contribution in [0.3, 0.4) is 0 Å². The summed E-state index contributed by atoms with van der Waals surface area (Å²) in [5.41, 5.74) is 0.298. The van der Waals surface area contributed by atoms with Crippen LogP contribution in [-0.4, -0.2) is 63.8 Å². The fourth-order valence-electron chi connectivity index (χ4n) is 5.34. The summed E-state index contributed by atoms with van der Waals surface area (Å²) >= 11 is 6.74. The van der Waals surface area contributed by atoms with Crippen molar-refractivity contribution < 1.29 is 13.8 Å². The first-order valence-corrected chi connectivity index (χ1v) is 16.1. The van der Waals surface area contributed by atoms with Crippen molar-refractivity contribution in [2.45, 2.75) is 25.9 Å². The summed E-state index contributed by atoms with van der Waals surface area (Å²) < 4.78 is 29.5. The van der Waals surface area contributed by atoms with Gasteiger partial charge in [-0.1, -0.05) is 42.4 Å². The van der Waals surface area contributed by atoms with E-state index in [1.807, 2.05) is 18.7 Å². The number of nitrogens with zero attached hydrogens (tertiary/aromatic N) is 5. The van der Waals surface area contributed by atoms with E-state index < -0.39 is 18.6 Å². The lowest BCUT2D eigenvalue weighted by Crippen LogP contribution is -2.58. The third kappa shape index (κ3) is 5.20. The number of anilines is 1. The minimum absolute atomic E-state index is 0.166. The first kappa shape index (κ1) is 28.7. The Bertz CT molecular complexity index is 1800. The molecule has 0 aliphatic carbocycles. The molecule has 0 spiro atoms. The van der Waals surface area contributed by atoms with Crippen molar-refractivity contribution in [2.24, 2.45) is 0 Å². The molecule has 0 bridgehead atoms. The van der Waals surface area contributed by atoms with Gasteiger partial charge in [-0.15, -0.1) is 0 Å². The van der Waals surface area contributed by atoms with E-state index in [0.29, 0.717) is 35.3 Å². The van der Waals surface area contributed by atoms with Crippen LogP contribution in [0.1, 0.15) is 13.8 Å². The van der Waals surface area contributed by atoms with Gasteiger partial charge in [0.2, 0.25) is 5.91 Å². The number of amides is 1. The number of hydrogen-bond acceptors (Lipinski definition) is 6. The summed E-state index contributed by atoms with van der Waals surface area (Å²) in [7, 11) is -2.84. The molecule has 4 aromatic rings. The van der Waals surface area contributed by atoms with Gasteiger partial charge in [0, 0.05) is 36.0 Å². The Kier molecular flexibility index (Phi) is 7.62. The lowest BCUT2D eigenvalue weighted by Gasteiger charge is -2.44. The number of hydrogen-bond donors (Lipinski definition) is 0. The van der Waals surface area contributed by atoms with E-state index in [1.54, 1.807) is 66.8 Å². The lowest BCUT2D eigenvalue weighted by atomic mass is 10.1. The maximum Gasteiger partial charge on any atom is 0.355 e. The number of rotatable bonds is 5. The first-order valence-electron chi connectivity index (χ1n) is 13.1. The van der Waals surface area contributed by atoms with Crippen molar-refractivity contribution in [3.8, 4) is 16.9 Å². The van der Waals surface area contributed by atoms with E-state index in [-0.39, 0.29) is 39.9 Å². The number of benzene rings is 2. The minimum Gasteiger partial charge on any atom is -0.349 e. The van der Waals surface area contributed by atoms with E-state index in [2.05, 4.69) is 11.6 Å². The predicted molar refractivity (Wildman–Crippen MR) is 163 cm³/mol. The number of halogens is 2.